The van der Waals surface area contributed by atoms with Crippen LogP contribution in [0.1, 0.15) is 51.3 Å². The Hall–Kier alpha value is -4.24. The molecule has 0 nitrogen and oxygen atoms in total. The minimum atomic E-state index is 0.0186. The molecule has 0 saturated heterocycles. The van der Waals surface area contributed by atoms with E-state index in [2.05, 4.69) is 162 Å². The van der Waals surface area contributed by atoms with E-state index in [1.165, 1.54) is 79.3 Å². The molecule has 8 rings (SSSR count). The van der Waals surface area contributed by atoms with Crippen LogP contribution in [0.3, 0.4) is 0 Å². The average Bonchev–Trinajstić information content (AvgIpc) is 3.61. The first-order valence-corrected chi connectivity index (χ1v) is 17.8. The van der Waals surface area contributed by atoms with Crippen LogP contribution in [-0.4, -0.2) is 0 Å². The van der Waals surface area contributed by atoms with E-state index in [0.717, 1.165) is 6.42 Å². The zero-order valence-electron chi connectivity index (χ0n) is 27.1. The summed E-state index contributed by atoms with van der Waals surface area (Å²) < 4.78 is 5.43. The third kappa shape index (κ3) is 5.24. The SMILES string of the molecule is CC(C)(C)c1ccc(-c2ccc3sc4cc(CC(C)(C)c5ccc(-c6ccc7c(c6)sc6ccccc67)cc5)ccc4c3c2)cc1. The number of rotatable bonds is 5. The van der Waals surface area contributed by atoms with Crippen LogP contribution >= 0.6 is 22.7 Å². The Balaban J connectivity index is 1.04. The largest absolute Gasteiger partial charge is 0.135 e. The fourth-order valence-corrected chi connectivity index (χ4v) is 9.20. The van der Waals surface area contributed by atoms with Gasteiger partial charge in [-0.1, -0.05) is 132 Å². The topological polar surface area (TPSA) is 0 Å². The fourth-order valence-electron chi connectivity index (χ4n) is 6.91. The number of hydrogen-bond acceptors (Lipinski definition) is 2. The van der Waals surface area contributed by atoms with E-state index in [1.807, 2.05) is 22.7 Å². The molecule has 0 aliphatic heterocycles. The smallest absolute Gasteiger partial charge is 0.0361 e. The maximum Gasteiger partial charge on any atom is 0.0361 e. The normalized spacial score (nSPS) is 12.5. The summed E-state index contributed by atoms with van der Waals surface area (Å²) in [5.74, 6) is 0. The zero-order chi connectivity index (χ0) is 31.6. The minimum absolute atomic E-state index is 0.0186. The van der Waals surface area contributed by atoms with Crippen molar-refractivity contribution in [3.8, 4) is 22.3 Å². The third-order valence-electron chi connectivity index (χ3n) is 9.64. The van der Waals surface area contributed by atoms with Crippen molar-refractivity contribution in [2.24, 2.45) is 0 Å². The third-order valence-corrected chi connectivity index (χ3v) is 11.9. The standard InChI is InChI=1S/C44H38S2/c1-43(2,3)33-17-11-29(12-18-33)31-16-23-40-38(25-31)37-21-10-28(24-41(37)46-40)27-44(4,5)34-19-13-30(14-20-34)32-15-22-36-35-8-6-7-9-39(35)45-42(36)26-32/h6-26H,27H2,1-5H3. The second kappa shape index (κ2) is 10.9. The Labute approximate surface area is 280 Å². The molecule has 8 aromatic rings. The number of benzene rings is 6. The van der Waals surface area contributed by atoms with Gasteiger partial charge in [-0.3, -0.25) is 0 Å². The lowest BCUT2D eigenvalue weighted by Crippen LogP contribution is -2.20. The van der Waals surface area contributed by atoms with Gasteiger partial charge in [0.25, 0.3) is 0 Å². The molecule has 0 aliphatic carbocycles. The predicted molar refractivity (Wildman–Crippen MR) is 205 cm³/mol. The highest BCUT2D eigenvalue weighted by molar-refractivity contribution is 7.26. The Morgan fingerprint density at radius 1 is 0.413 bits per heavy atom. The lowest BCUT2D eigenvalue weighted by molar-refractivity contribution is 0.523. The molecule has 0 bridgehead atoms. The van der Waals surface area contributed by atoms with Gasteiger partial charge in [-0.2, -0.15) is 0 Å². The van der Waals surface area contributed by atoms with E-state index in [0.29, 0.717) is 0 Å². The van der Waals surface area contributed by atoms with Gasteiger partial charge in [-0.25, -0.2) is 0 Å². The van der Waals surface area contributed by atoms with Gasteiger partial charge in [0, 0.05) is 40.3 Å². The van der Waals surface area contributed by atoms with Gasteiger partial charge < -0.3 is 0 Å². The van der Waals surface area contributed by atoms with Crippen LogP contribution in [-0.2, 0) is 17.3 Å². The summed E-state index contributed by atoms with van der Waals surface area (Å²) in [7, 11) is 0. The van der Waals surface area contributed by atoms with Crippen molar-refractivity contribution in [1.29, 1.82) is 0 Å². The lowest BCUT2D eigenvalue weighted by Gasteiger charge is -2.26. The van der Waals surface area contributed by atoms with Crippen molar-refractivity contribution in [2.45, 2.75) is 51.9 Å². The molecule has 2 heterocycles. The second-order valence-corrected chi connectivity index (χ2v) is 16.6. The fraction of sp³-hybridized carbons (Fsp3) is 0.182. The van der Waals surface area contributed by atoms with Crippen molar-refractivity contribution >= 4 is 63.0 Å². The monoisotopic (exact) mass is 630 g/mol. The van der Waals surface area contributed by atoms with Crippen molar-refractivity contribution in [3.63, 3.8) is 0 Å². The molecule has 2 heteroatoms. The highest BCUT2D eigenvalue weighted by Gasteiger charge is 2.22. The molecule has 0 amide bonds. The number of thiophene rings is 2. The van der Waals surface area contributed by atoms with Crippen LogP contribution in [0, 0.1) is 0 Å². The van der Waals surface area contributed by atoms with Gasteiger partial charge >= 0.3 is 0 Å². The molecule has 0 N–H and O–H groups in total. The van der Waals surface area contributed by atoms with Gasteiger partial charge in [0.05, 0.1) is 0 Å². The van der Waals surface area contributed by atoms with Crippen LogP contribution in [0.2, 0.25) is 0 Å². The van der Waals surface area contributed by atoms with E-state index >= 15 is 0 Å². The molecular weight excluding hydrogens is 593 g/mol. The molecule has 0 saturated carbocycles. The first kappa shape index (κ1) is 29.2. The predicted octanol–water partition coefficient (Wildman–Crippen LogP) is 13.6. The van der Waals surface area contributed by atoms with Crippen molar-refractivity contribution in [1.82, 2.24) is 0 Å². The summed E-state index contributed by atoms with van der Waals surface area (Å²) in [5.41, 5.74) is 9.43. The molecule has 0 aliphatic rings. The molecule has 0 spiro atoms. The Morgan fingerprint density at radius 2 is 0.935 bits per heavy atom. The molecule has 0 fully saturated rings. The Morgan fingerprint density at radius 3 is 1.65 bits per heavy atom. The van der Waals surface area contributed by atoms with E-state index in [9.17, 15) is 0 Å². The molecule has 0 atom stereocenters. The van der Waals surface area contributed by atoms with E-state index in [-0.39, 0.29) is 10.8 Å². The molecule has 0 radical (unpaired) electrons. The van der Waals surface area contributed by atoms with Crippen LogP contribution in [0.15, 0.2) is 127 Å². The first-order valence-electron chi connectivity index (χ1n) is 16.2. The molecule has 2 aromatic heterocycles. The van der Waals surface area contributed by atoms with Crippen LogP contribution in [0.25, 0.3) is 62.6 Å². The molecule has 46 heavy (non-hydrogen) atoms. The summed E-state index contributed by atoms with van der Waals surface area (Å²) in [6.45, 7) is 11.6. The van der Waals surface area contributed by atoms with E-state index in [4.69, 9.17) is 0 Å². The van der Waals surface area contributed by atoms with Crippen LogP contribution in [0.5, 0.6) is 0 Å². The zero-order valence-corrected chi connectivity index (χ0v) is 28.8. The van der Waals surface area contributed by atoms with Gasteiger partial charge in [0.1, 0.15) is 0 Å². The number of hydrogen-bond donors (Lipinski definition) is 0. The van der Waals surface area contributed by atoms with Gasteiger partial charge in [-0.05, 0) is 86.5 Å². The quantitative estimate of drug-likeness (QED) is 0.177. The molecule has 226 valence electrons. The maximum atomic E-state index is 2.42. The summed E-state index contributed by atoms with van der Waals surface area (Å²) >= 11 is 3.79. The minimum Gasteiger partial charge on any atom is -0.135 e. The van der Waals surface area contributed by atoms with E-state index in [1.54, 1.807) is 0 Å². The summed E-state index contributed by atoms with van der Waals surface area (Å²) in [6.07, 6.45) is 0.996. The Bertz CT molecular complexity index is 2370. The van der Waals surface area contributed by atoms with Crippen LogP contribution in [0.4, 0.5) is 0 Å². The van der Waals surface area contributed by atoms with Gasteiger partial charge in [0.15, 0.2) is 0 Å². The first-order chi connectivity index (χ1) is 22.1. The van der Waals surface area contributed by atoms with Crippen molar-refractivity contribution in [2.75, 3.05) is 0 Å². The van der Waals surface area contributed by atoms with Crippen molar-refractivity contribution < 1.29 is 0 Å². The molecule has 0 unspecified atom stereocenters. The second-order valence-electron chi connectivity index (χ2n) is 14.4. The lowest BCUT2D eigenvalue weighted by atomic mass is 9.78. The highest BCUT2D eigenvalue weighted by atomic mass is 32.1. The van der Waals surface area contributed by atoms with E-state index < -0.39 is 0 Å². The maximum absolute atomic E-state index is 2.42. The van der Waals surface area contributed by atoms with Gasteiger partial charge in [0.2, 0.25) is 0 Å². The average molecular weight is 631 g/mol. The van der Waals surface area contributed by atoms with Crippen LogP contribution < -0.4 is 0 Å². The molecule has 6 aromatic carbocycles. The summed E-state index contributed by atoms with van der Waals surface area (Å²) in [5, 5.41) is 5.41. The van der Waals surface area contributed by atoms with Crippen molar-refractivity contribution in [3.05, 3.63) is 144 Å². The summed E-state index contributed by atoms with van der Waals surface area (Å²) in [4.78, 5) is 0. The van der Waals surface area contributed by atoms with Gasteiger partial charge in [-0.15, -0.1) is 22.7 Å². The molecular formula is C44H38S2. The summed E-state index contributed by atoms with van der Waals surface area (Å²) in [6, 6.07) is 48.1. The highest BCUT2D eigenvalue weighted by Crippen LogP contribution is 2.40. The Kier molecular flexibility index (Phi) is 6.94. The number of fused-ring (bicyclic) bond motifs is 6.